The van der Waals surface area contributed by atoms with Gasteiger partial charge in [-0.25, -0.2) is 0 Å². The van der Waals surface area contributed by atoms with Crippen LogP contribution in [0.15, 0.2) is 24.3 Å². The van der Waals surface area contributed by atoms with Crippen LogP contribution in [0.1, 0.15) is 27.2 Å². The lowest BCUT2D eigenvalue weighted by atomic mass is 10.3. The number of para-hydroxylation sites is 2. The number of thioether (sulfide) groups is 1. The van der Waals surface area contributed by atoms with E-state index in [1.807, 2.05) is 42.8 Å². The Balaban J connectivity index is 2.65. The van der Waals surface area contributed by atoms with E-state index in [0.717, 1.165) is 17.9 Å². The Morgan fingerprint density at radius 3 is 2.56 bits per heavy atom. The SMILES string of the molecule is CCCN(CC(=O)Nc1ccccc1OC)C(=O)CN(C)[C@@H](C)CSCC. The molecule has 0 heterocycles. The molecule has 0 saturated heterocycles. The molecule has 152 valence electrons. The van der Waals surface area contributed by atoms with Crippen LogP contribution in [0.4, 0.5) is 5.69 Å². The monoisotopic (exact) mass is 395 g/mol. The fourth-order valence-electron chi connectivity index (χ4n) is 2.56. The van der Waals surface area contributed by atoms with Gasteiger partial charge < -0.3 is 15.0 Å². The highest BCUT2D eigenvalue weighted by molar-refractivity contribution is 7.99. The topological polar surface area (TPSA) is 61.9 Å². The Morgan fingerprint density at radius 2 is 1.93 bits per heavy atom. The van der Waals surface area contributed by atoms with Crippen LogP contribution in [-0.4, -0.2) is 73.0 Å². The first kappa shape index (κ1) is 23.3. The number of carbonyl (C=O) groups excluding carboxylic acids is 2. The van der Waals surface area contributed by atoms with E-state index < -0.39 is 0 Å². The number of hydrogen-bond acceptors (Lipinski definition) is 5. The van der Waals surface area contributed by atoms with Crippen LogP contribution in [0.25, 0.3) is 0 Å². The number of benzene rings is 1. The van der Waals surface area contributed by atoms with Gasteiger partial charge in [0.15, 0.2) is 0 Å². The number of amides is 2. The van der Waals surface area contributed by atoms with Crippen LogP contribution in [0.5, 0.6) is 5.75 Å². The lowest BCUT2D eigenvalue weighted by Gasteiger charge is -2.28. The minimum absolute atomic E-state index is 0.0251. The molecule has 1 atom stereocenters. The van der Waals surface area contributed by atoms with Crippen molar-refractivity contribution in [1.82, 2.24) is 9.80 Å². The molecule has 1 aromatic carbocycles. The fourth-order valence-corrected chi connectivity index (χ4v) is 3.39. The molecule has 0 aliphatic rings. The molecule has 1 N–H and O–H groups in total. The van der Waals surface area contributed by atoms with Crippen molar-refractivity contribution in [1.29, 1.82) is 0 Å². The third-order valence-electron chi connectivity index (χ3n) is 4.26. The molecule has 1 rings (SSSR count). The molecule has 0 aliphatic heterocycles. The second-order valence-corrected chi connectivity index (χ2v) is 7.81. The van der Waals surface area contributed by atoms with Gasteiger partial charge in [0.25, 0.3) is 0 Å². The van der Waals surface area contributed by atoms with Crippen molar-refractivity contribution in [3.63, 3.8) is 0 Å². The summed E-state index contributed by atoms with van der Waals surface area (Å²) in [6.45, 7) is 7.16. The van der Waals surface area contributed by atoms with Crippen molar-refractivity contribution in [2.24, 2.45) is 0 Å². The zero-order valence-corrected chi connectivity index (χ0v) is 18.0. The smallest absolute Gasteiger partial charge is 0.244 e. The summed E-state index contributed by atoms with van der Waals surface area (Å²) in [6.07, 6.45) is 0.804. The summed E-state index contributed by atoms with van der Waals surface area (Å²) in [5.41, 5.74) is 0.608. The fraction of sp³-hybridized carbons (Fsp3) is 0.600. The van der Waals surface area contributed by atoms with E-state index in [1.54, 1.807) is 24.1 Å². The van der Waals surface area contributed by atoms with E-state index in [4.69, 9.17) is 4.74 Å². The Hall–Kier alpha value is -1.73. The first-order chi connectivity index (χ1) is 12.9. The zero-order chi connectivity index (χ0) is 20.2. The Kier molecular flexibility index (Phi) is 10.9. The molecule has 0 aromatic heterocycles. The maximum atomic E-state index is 12.7. The van der Waals surface area contributed by atoms with Crippen molar-refractivity contribution in [2.75, 3.05) is 50.6 Å². The molecule has 2 amide bonds. The minimum Gasteiger partial charge on any atom is -0.495 e. The molecule has 0 spiro atoms. The number of rotatable bonds is 12. The third-order valence-corrected chi connectivity index (χ3v) is 5.39. The number of nitrogens with zero attached hydrogens (tertiary/aromatic N) is 2. The lowest BCUT2D eigenvalue weighted by Crippen LogP contribution is -2.45. The molecule has 0 saturated carbocycles. The van der Waals surface area contributed by atoms with Crippen LogP contribution >= 0.6 is 11.8 Å². The molecule has 0 fully saturated rings. The highest BCUT2D eigenvalue weighted by atomic mass is 32.2. The summed E-state index contributed by atoms with van der Waals surface area (Å²) in [6, 6.07) is 7.55. The molecular weight excluding hydrogens is 362 g/mol. The first-order valence-electron chi connectivity index (χ1n) is 9.41. The van der Waals surface area contributed by atoms with Crippen molar-refractivity contribution in [3.05, 3.63) is 24.3 Å². The van der Waals surface area contributed by atoms with Crippen LogP contribution in [0.2, 0.25) is 0 Å². The predicted molar refractivity (Wildman–Crippen MR) is 114 cm³/mol. The molecule has 0 unspecified atom stereocenters. The minimum atomic E-state index is -0.224. The average Bonchev–Trinajstić information content (AvgIpc) is 2.65. The summed E-state index contributed by atoms with van der Waals surface area (Å²) in [4.78, 5) is 28.8. The predicted octanol–water partition coefficient (Wildman–Crippen LogP) is 2.95. The van der Waals surface area contributed by atoms with Gasteiger partial charge in [-0.15, -0.1) is 0 Å². The molecule has 0 bridgehead atoms. The second-order valence-electron chi connectivity index (χ2n) is 6.49. The highest BCUT2D eigenvalue weighted by Crippen LogP contribution is 2.22. The summed E-state index contributed by atoms with van der Waals surface area (Å²) < 4.78 is 5.25. The van der Waals surface area contributed by atoms with E-state index in [1.165, 1.54) is 0 Å². The van der Waals surface area contributed by atoms with Crippen molar-refractivity contribution in [2.45, 2.75) is 33.2 Å². The largest absolute Gasteiger partial charge is 0.495 e. The maximum absolute atomic E-state index is 12.7. The number of carbonyl (C=O) groups is 2. The van der Waals surface area contributed by atoms with Crippen molar-refractivity contribution < 1.29 is 14.3 Å². The Morgan fingerprint density at radius 1 is 1.22 bits per heavy atom. The lowest BCUT2D eigenvalue weighted by molar-refractivity contribution is -0.135. The van der Waals surface area contributed by atoms with Gasteiger partial charge in [0.1, 0.15) is 5.75 Å². The van der Waals surface area contributed by atoms with Gasteiger partial charge in [0, 0.05) is 18.3 Å². The number of likely N-dealkylation sites (N-methyl/N-ethyl adjacent to an activating group) is 1. The Labute approximate surface area is 167 Å². The number of nitrogens with one attached hydrogen (secondary N) is 1. The summed E-state index contributed by atoms with van der Waals surface area (Å²) in [5, 5.41) is 2.83. The number of hydrogen-bond donors (Lipinski definition) is 1. The van der Waals surface area contributed by atoms with E-state index in [0.29, 0.717) is 30.6 Å². The molecule has 1 aromatic rings. The van der Waals surface area contributed by atoms with E-state index in [2.05, 4.69) is 19.2 Å². The van der Waals surface area contributed by atoms with Gasteiger partial charge >= 0.3 is 0 Å². The van der Waals surface area contributed by atoms with E-state index in [9.17, 15) is 9.59 Å². The quantitative estimate of drug-likeness (QED) is 0.590. The van der Waals surface area contributed by atoms with Gasteiger partial charge in [-0.2, -0.15) is 11.8 Å². The number of ether oxygens (including phenoxy) is 1. The van der Waals surface area contributed by atoms with Crippen LogP contribution < -0.4 is 10.1 Å². The van der Waals surface area contributed by atoms with E-state index in [-0.39, 0.29) is 18.4 Å². The normalized spacial score (nSPS) is 11.9. The summed E-state index contributed by atoms with van der Waals surface area (Å²) >= 11 is 1.86. The van der Waals surface area contributed by atoms with Gasteiger partial charge in [0.05, 0.1) is 25.9 Å². The summed E-state index contributed by atoms with van der Waals surface area (Å²) in [7, 11) is 3.52. The molecule has 6 nitrogen and oxygen atoms in total. The van der Waals surface area contributed by atoms with Gasteiger partial charge in [-0.1, -0.05) is 26.0 Å². The van der Waals surface area contributed by atoms with Crippen molar-refractivity contribution >= 4 is 29.3 Å². The molecule has 7 heteroatoms. The van der Waals surface area contributed by atoms with Gasteiger partial charge in [-0.3, -0.25) is 14.5 Å². The molecule has 0 radical (unpaired) electrons. The highest BCUT2D eigenvalue weighted by Gasteiger charge is 2.20. The van der Waals surface area contributed by atoms with Crippen LogP contribution in [-0.2, 0) is 9.59 Å². The number of anilines is 1. The van der Waals surface area contributed by atoms with Crippen LogP contribution in [0.3, 0.4) is 0 Å². The van der Waals surface area contributed by atoms with Gasteiger partial charge in [-0.05, 0) is 38.3 Å². The second kappa shape index (κ2) is 12.6. The molecule has 27 heavy (non-hydrogen) atoms. The molecular formula is C20H33N3O3S. The van der Waals surface area contributed by atoms with Crippen LogP contribution in [0, 0.1) is 0 Å². The zero-order valence-electron chi connectivity index (χ0n) is 17.2. The molecule has 0 aliphatic carbocycles. The van der Waals surface area contributed by atoms with Crippen molar-refractivity contribution in [3.8, 4) is 5.75 Å². The van der Waals surface area contributed by atoms with E-state index >= 15 is 0 Å². The first-order valence-corrected chi connectivity index (χ1v) is 10.6. The van der Waals surface area contributed by atoms with Gasteiger partial charge in [0.2, 0.25) is 11.8 Å². The standard InChI is InChI=1S/C20H33N3O3S/c1-6-12-23(20(25)14-22(4)16(3)15-27-7-2)13-19(24)21-17-10-8-9-11-18(17)26-5/h8-11,16H,6-7,12-15H2,1-5H3,(H,21,24)/t16-/m0/s1. The Bertz CT molecular complexity index is 598. The number of methoxy groups -OCH3 is 1. The maximum Gasteiger partial charge on any atom is 0.244 e. The third kappa shape index (κ3) is 8.22. The average molecular weight is 396 g/mol. The summed E-state index contributed by atoms with van der Waals surface area (Å²) in [5.74, 6) is 2.40.